The highest BCUT2D eigenvalue weighted by atomic mass is 32.2. The molecule has 2 aromatic rings. The van der Waals surface area contributed by atoms with Gasteiger partial charge in [0.1, 0.15) is 0 Å². The molecular weight excluding hydrogens is 344 g/mol. The van der Waals surface area contributed by atoms with Gasteiger partial charge < -0.3 is 5.11 Å². The van der Waals surface area contributed by atoms with E-state index in [1.807, 2.05) is 6.92 Å². The lowest BCUT2D eigenvalue weighted by Gasteiger charge is -2.17. The summed E-state index contributed by atoms with van der Waals surface area (Å²) in [6.07, 6.45) is 5.04. The van der Waals surface area contributed by atoms with Crippen LogP contribution in [-0.4, -0.2) is 26.3 Å². The predicted octanol–water partition coefficient (Wildman–Crippen LogP) is 3.49. The number of pyridine rings is 1. The van der Waals surface area contributed by atoms with Crippen LogP contribution in [-0.2, 0) is 4.79 Å². The number of thiocarbonyl (C=S) groups is 1. The molecule has 1 aromatic carbocycles. The number of benzene rings is 1. The summed E-state index contributed by atoms with van der Waals surface area (Å²) in [5, 5.41) is 9.16. The summed E-state index contributed by atoms with van der Waals surface area (Å²) in [5.74, 6) is -1.30. The van der Waals surface area contributed by atoms with Crippen molar-refractivity contribution in [1.29, 1.82) is 0 Å². The summed E-state index contributed by atoms with van der Waals surface area (Å²) in [5.41, 5.74) is 2.24. The standard InChI is InChI=1S/C17H12N2O3S2/c1-10-2-3-12(16(21)22)9-13(10)19-15(20)14(24-17(19)23)8-11-4-6-18-7-5-11/h2-9H,1H3,(H,21,22)/b14-8-. The third-order valence-corrected chi connectivity index (χ3v) is 4.80. The lowest BCUT2D eigenvalue weighted by atomic mass is 10.1. The molecule has 2 heterocycles. The van der Waals surface area contributed by atoms with Gasteiger partial charge in [0.2, 0.25) is 0 Å². The number of amides is 1. The Bertz CT molecular complexity index is 879. The van der Waals surface area contributed by atoms with Gasteiger partial charge in [-0.1, -0.05) is 30.0 Å². The highest BCUT2D eigenvalue weighted by Crippen LogP contribution is 2.37. The van der Waals surface area contributed by atoms with Crippen molar-refractivity contribution in [2.45, 2.75) is 6.92 Å². The Morgan fingerprint density at radius 2 is 2.00 bits per heavy atom. The summed E-state index contributed by atoms with van der Waals surface area (Å²) in [6.45, 7) is 1.81. The van der Waals surface area contributed by atoms with Crippen LogP contribution in [0.25, 0.3) is 6.08 Å². The zero-order chi connectivity index (χ0) is 17.3. The SMILES string of the molecule is Cc1ccc(C(=O)O)cc1N1C(=O)/C(=C/c2ccncc2)SC1=S. The molecule has 1 aliphatic rings. The quantitative estimate of drug-likeness (QED) is 0.670. The van der Waals surface area contributed by atoms with E-state index in [-0.39, 0.29) is 11.5 Å². The Labute approximate surface area is 148 Å². The van der Waals surface area contributed by atoms with Gasteiger partial charge in [0.25, 0.3) is 5.91 Å². The second kappa shape index (κ2) is 6.54. The van der Waals surface area contributed by atoms with E-state index in [9.17, 15) is 9.59 Å². The van der Waals surface area contributed by atoms with Crippen LogP contribution in [0.4, 0.5) is 5.69 Å². The Morgan fingerprint density at radius 3 is 2.67 bits per heavy atom. The Kier molecular flexibility index (Phi) is 4.46. The fraction of sp³-hybridized carbons (Fsp3) is 0.0588. The molecule has 1 aromatic heterocycles. The monoisotopic (exact) mass is 356 g/mol. The van der Waals surface area contributed by atoms with E-state index in [2.05, 4.69) is 4.98 Å². The van der Waals surface area contributed by atoms with E-state index in [1.165, 1.54) is 28.8 Å². The summed E-state index contributed by atoms with van der Waals surface area (Å²) >= 11 is 6.52. The number of carbonyl (C=O) groups excluding carboxylic acids is 1. The topological polar surface area (TPSA) is 70.5 Å². The molecule has 0 atom stereocenters. The molecular formula is C17H12N2O3S2. The number of anilines is 1. The molecule has 1 saturated heterocycles. The number of thioether (sulfide) groups is 1. The minimum Gasteiger partial charge on any atom is -0.478 e. The minimum absolute atomic E-state index is 0.114. The zero-order valence-corrected chi connectivity index (χ0v) is 14.2. The number of rotatable bonds is 3. The van der Waals surface area contributed by atoms with E-state index >= 15 is 0 Å². The molecule has 0 unspecified atom stereocenters. The Balaban J connectivity index is 2.00. The average Bonchev–Trinajstić information content (AvgIpc) is 2.83. The molecule has 1 aliphatic heterocycles. The van der Waals surface area contributed by atoms with Crippen LogP contribution in [0.5, 0.6) is 0 Å². The molecule has 0 bridgehead atoms. The highest BCUT2D eigenvalue weighted by molar-refractivity contribution is 8.27. The normalized spacial score (nSPS) is 16.0. The maximum Gasteiger partial charge on any atom is 0.335 e. The molecule has 1 fully saturated rings. The van der Waals surface area contributed by atoms with Crippen LogP contribution in [0.3, 0.4) is 0 Å². The molecule has 24 heavy (non-hydrogen) atoms. The number of aryl methyl sites for hydroxylation is 1. The first-order chi connectivity index (χ1) is 11.5. The largest absolute Gasteiger partial charge is 0.478 e. The van der Waals surface area contributed by atoms with Crippen LogP contribution in [0.2, 0.25) is 0 Å². The van der Waals surface area contributed by atoms with Crippen molar-refractivity contribution in [3.8, 4) is 0 Å². The van der Waals surface area contributed by atoms with Gasteiger partial charge in [-0.2, -0.15) is 0 Å². The zero-order valence-electron chi connectivity index (χ0n) is 12.6. The minimum atomic E-state index is -1.05. The molecule has 7 heteroatoms. The number of nitrogens with zero attached hydrogens (tertiary/aromatic N) is 2. The first-order valence-electron chi connectivity index (χ1n) is 6.99. The van der Waals surface area contributed by atoms with E-state index in [4.69, 9.17) is 17.3 Å². The predicted molar refractivity (Wildman–Crippen MR) is 98.0 cm³/mol. The Hall–Kier alpha value is -2.51. The third-order valence-electron chi connectivity index (χ3n) is 3.49. The maximum atomic E-state index is 12.7. The maximum absolute atomic E-state index is 12.7. The molecule has 0 spiro atoms. The third kappa shape index (κ3) is 3.08. The van der Waals surface area contributed by atoms with Crippen molar-refractivity contribution in [3.63, 3.8) is 0 Å². The smallest absolute Gasteiger partial charge is 0.335 e. The van der Waals surface area contributed by atoms with Gasteiger partial charge in [0, 0.05) is 12.4 Å². The van der Waals surface area contributed by atoms with Crippen LogP contribution in [0, 0.1) is 6.92 Å². The summed E-state index contributed by atoms with van der Waals surface area (Å²) < 4.78 is 0.381. The van der Waals surface area contributed by atoms with Gasteiger partial charge in [-0.15, -0.1) is 0 Å². The summed E-state index contributed by atoms with van der Waals surface area (Å²) in [7, 11) is 0. The second-order valence-electron chi connectivity index (χ2n) is 5.10. The van der Waals surface area contributed by atoms with E-state index in [0.29, 0.717) is 14.9 Å². The van der Waals surface area contributed by atoms with Gasteiger partial charge in [0.15, 0.2) is 4.32 Å². The molecule has 3 rings (SSSR count). The van der Waals surface area contributed by atoms with Gasteiger partial charge >= 0.3 is 5.97 Å². The van der Waals surface area contributed by atoms with Crippen LogP contribution >= 0.6 is 24.0 Å². The molecule has 5 nitrogen and oxygen atoms in total. The fourth-order valence-electron chi connectivity index (χ4n) is 2.27. The van der Waals surface area contributed by atoms with Crippen LogP contribution < -0.4 is 4.90 Å². The number of hydrogen-bond acceptors (Lipinski definition) is 5. The summed E-state index contributed by atoms with van der Waals surface area (Å²) in [6, 6.07) is 8.24. The lowest BCUT2D eigenvalue weighted by molar-refractivity contribution is -0.113. The molecule has 0 aliphatic carbocycles. The van der Waals surface area contributed by atoms with Crippen LogP contribution in [0.1, 0.15) is 21.5 Å². The van der Waals surface area contributed by atoms with Crippen molar-refractivity contribution in [2.24, 2.45) is 0 Å². The van der Waals surface area contributed by atoms with Crippen molar-refractivity contribution in [3.05, 3.63) is 64.3 Å². The molecule has 120 valence electrons. The number of carboxylic acids is 1. The van der Waals surface area contributed by atoms with Crippen molar-refractivity contribution < 1.29 is 14.7 Å². The van der Waals surface area contributed by atoms with E-state index in [0.717, 1.165) is 11.1 Å². The average molecular weight is 356 g/mol. The molecule has 1 N–H and O–H groups in total. The highest BCUT2D eigenvalue weighted by Gasteiger charge is 2.34. The lowest BCUT2D eigenvalue weighted by Crippen LogP contribution is -2.28. The molecule has 1 amide bonds. The van der Waals surface area contributed by atoms with Gasteiger partial charge in [-0.25, -0.2) is 4.79 Å². The first kappa shape index (κ1) is 16.4. The van der Waals surface area contributed by atoms with Gasteiger partial charge in [-0.05, 0) is 48.4 Å². The van der Waals surface area contributed by atoms with Crippen molar-refractivity contribution in [1.82, 2.24) is 4.98 Å². The Morgan fingerprint density at radius 1 is 1.29 bits per heavy atom. The first-order valence-corrected chi connectivity index (χ1v) is 8.22. The van der Waals surface area contributed by atoms with E-state index < -0.39 is 5.97 Å². The number of carbonyl (C=O) groups is 2. The van der Waals surface area contributed by atoms with Gasteiger partial charge in [-0.3, -0.25) is 14.7 Å². The summed E-state index contributed by atoms with van der Waals surface area (Å²) in [4.78, 5) is 29.7. The van der Waals surface area contributed by atoms with E-state index in [1.54, 1.807) is 36.7 Å². The van der Waals surface area contributed by atoms with Gasteiger partial charge in [0.05, 0.1) is 16.2 Å². The number of hydrogen-bond donors (Lipinski definition) is 1. The second-order valence-corrected chi connectivity index (χ2v) is 6.78. The number of carboxylic acid groups (broad SMARTS) is 1. The molecule has 0 radical (unpaired) electrons. The van der Waals surface area contributed by atoms with Crippen molar-refractivity contribution in [2.75, 3.05) is 4.90 Å². The number of aromatic carboxylic acids is 1. The fourth-order valence-corrected chi connectivity index (χ4v) is 3.55. The van der Waals surface area contributed by atoms with Crippen LogP contribution in [0.15, 0.2) is 47.6 Å². The van der Waals surface area contributed by atoms with Crippen molar-refractivity contribution >= 4 is 51.9 Å². The number of aromatic nitrogens is 1. The molecule has 0 saturated carbocycles.